The maximum absolute atomic E-state index is 13.3. The second-order valence-electron chi connectivity index (χ2n) is 6.04. The Morgan fingerprint density at radius 2 is 1.86 bits per heavy atom. The number of ether oxygens (including phenoxy) is 1. The molecule has 0 bridgehead atoms. The number of carbonyl (C=O) groups is 1. The molecule has 0 fully saturated rings. The van der Waals surface area contributed by atoms with Gasteiger partial charge in [0.05, 0.1) is 16.8 Å². The highest BCUT2D eigenvalue weighted by molar-refractivity contribution is 5.96. The van der Waals surface area contributed by atoms with Crippen molar-refractivity contribution < 1.29 is 27.8 Å². The SMILES string of the molecule is O=C(O)c1cnc2c(-c3cccc(OC(F)F)c3)nn(-c3ccc(F)cc3)c2c1. The van der Waals surface area contributed by atoms with Gasteiger partial charge in [-0.05, 0) is 42.5 Å². The lowest BCUT2D eigenvalue weighted by Crippen LogP contribution is -2.01. The first-order chi connectivity index (χ1) is 13.9. The van der Waals surface area contributed by atoms with Crippen LogP contribution in [0.25, 0.3) is 28.0 Å². The summed E-state index contributed by atoms with van der Waals surface area (Å²) in [5.41, 5.74) is 1.93. The Bertz CT molecular complexity index is 1210. The minimum absolute atomic E-state index is 0.0517. The highest BCUT2D eigenvalue weighted by atomic mass is 19.3. The van der Waals surface area contributed by atoms with Crippen LogP contribution in [0.2, 0.25) is 0 Å². The average Bonchev–Trinajstić information content (AvgIpc) is 3.07. The van der Waals surface area contributed by atoms with E-state index < -0.39 is 18.4 Å². The molecule has 0 aliphatic heterocycles. The van der Waals surface area contributed by atoms with E-state index in [1.807, 2.05) is 0 Å². The summed E-state index contributed by atoms with van der Waals surface area (Å²) >= 11 is 0. The Kier molecular flexibility index (Phi) is 4.63. The number of hydrogen-bond acceptors (Lipinski definition) is 4. The molecule has 0 aliphatic rings. The van der Waals surface area contributed by atoms with E-state index in [0.717, 1.165) is 0 Å². The zero-order chi connectivity index (χ0) is 20.5. The normalized spacial score (nSPS) is 11.2. The third-order valence-electron chi connectivity index (χ3n) is 4.17. The number of aromatic carboxylic acids is 1. The van der Waals surface area contributed by atoms with E-state index in [0.29, 0.717) is 28.0 Å². The van der Waals surface area contributed by atoms with Crippen LogP contribution < -0.4 is 4.74 Å². The predicted octanol–water partition coefficient (Wildman–Crippen LogP) is 4.53. The van der Waals surface area contributed by atoms with Gasteiger partial charge in [0.15, 0.2) is 0 Å². The van der Waals surface area contributed by atoms with Gasteiger partial charge >= 0.3 is 12.6 Å². The zero-order valence-corrected chi connectivity index (χ0v) is 14.6. The van der Waals surface area contributed by atoms with Crippen LogP contribution in [0.3, 0.4) is 0 Å². The smallest absolute Gasteiger partial charge is 0.387 e. The van der Waals surface area contributed by atoms with Crippen LogP contribution in [0.5, 0.6) is 5.75 Å². The van der Waals surface area contributed by atoms with Crippen molar-refractivity contribution in [3.05, 3.63) is 72.2 Å². The van der Waals surface area contributed by atoms with E-state index in [4.69, 9.17) is 0 Å². The Morgan fingerprint density at radius 3 is 2.55 bits per heavy atom. The number of benzene rings is 2. The first kappa shape index (κ1) is 18.5. The van der Waals surface area contributed by atoms with Crippen molar-refractivity contribution in [1.29, 1.82) is 0 Å². The number of carboxylic acid groups (broad SMARTS) is 1. The molecule has 0 aliphatic carbocycles. The molecular weight excluding hydrogens is 387 g/mol. The fourth-order valence-corrected chi connectivity index (χ4v) is 2.91. The number of rotatable bonds is 5. The molecule has 2 aromatic carbocycles. The lowest BCUT2D eigenvalue weighted by atomic mass is 10.1. The van der Waals surface area contributed by atoms with Crippen molar-refractivity contribution in [2.45, 2.75) is 6.61 Å². The number of pyridine rings is 1. The van der Waals surface area contributed by atoms with Gasteiger partial charge in [0.1, 0.15) is 22.8 Å². The van der Waals surface area contributed by atoms with Crippen LogP contribution in [0.1, 0.15) is 10.4 Å². The lowest BCUT2D eigenvalue weighted by molar-refractivity contribution is -0.0498. The second-order valence-corrected chi connectivity index (χ2v) is 6.04. The number of fused-ring (bicyclic) bond motifs is 1. The average molecular weight is 399 g/mol. The molecule has 0 radical (unpaired) electrons. The van der Waals surface area contributed by atoms with Crippen LogP contribution in [-0.2, 0) is 0 Å². The van der Waals surface area contributed by atoms with Gasteiger partial charge in [-0.25, -0.2) is 13.9 Å². The second kappa shape index (κ2) is 7.27. The Labute approximate surface area is 161 Å². The summed E-state index contributed by atoms with van der Waals surface area (Å²) in [6.07, 6.45) is 1.18. The Morgan fingerprint density at radius 1 is 1.10 bits per heavy atom. The summed E-state index contributed by atoms with van der Waals surface area (Å²) in [6, 6.07) is 12.8. The van der Waals surface area contributed by atoms with Crippen LogP contribution in [0.15, 0.2) is 60.8 Å². The summed E-state index contributed by atoms with van der Waals surface area (Å²) < 4.78 is 44.3. The Balaban J connectivity index is 1.93. The molecule has 4 aromatic rings. The number of halogens is 3. The van der Waals surface area contributed by atoms with E-state index in [1.165, 1.54) is 59.4 Å². The van der Waals surface area contributed by atoms with Crippen molar-refractivity contribution in [3.63, 3.8) is 0 Å². The van der Waals surface area contributed by atoms with E-state index >= 15 is 0 Å². The van der Waals surface area contributed by atoms with Gasteiger partial charge in [0.2, 0.25) is 0 Å². The van der Waals surface area contributed by atoms with E-state index in [1.54, 1.807) is 6.07 Å². The third kappa shape index (κ3) is 3.62. The van der Waals surface area contributed by atoms with E-state index in [9.17, 15) is 23.1 Å². The number of aromatic nitrogens is 3. The van der Waals surface area contributed by atoms with Gasteiger partial charge in [-0.1, -0.05) is 12.1 Å². The molecule has 0 saturated heterocycles. The van der Waals surface area contributed by atoms with Gasteiger partial charge < -0.3 is 9.84 Å². The van der Waals surface area contributed by atoms with Crippen molar-refractivity contribution in [1.82, 2.24) is 14.8 Å². The lowest BCUT2D eigenvalue weighted by Gasteiger charge is -2.05. The van der Waals surface area contributed by atoms with Gasteiger partial charge in [-0.2, -0.15) is 13.9 Å². The summed E-state index contributed by atoms with van der Waals surface area (Å²) in [7, 11) is 0. The highest BCUT2D eigenvalue weighted by Gasteiger charge is 2.18. The molecule has 1 N–H and O–H groups in total. The first-order valence-corrected chi connectivity index (χ1v) is 8.35. The van der Waals surface area contributed by atoms with Crippen LogP contribution in [-0.4, -0.2) is 32.5 Å². The summed E-state index contributed by atoms with van der Waals surface area (Å²) in [4.78, 5) is 15.6. The molecule has 4 rings (SSSR count). The molecule has 0 saturated carbocycles. The maximum atomic E-state index is 13.3. The molecular formula is C20H12F3N3O3. The van der Waals surface area contributed by atoms with Crippen molar-refractivity contribution in [3.8, 4) is 22.7 Å². The summed E-state index contributed by atoms with van der Waals surface area (Å²) in [6.45, 7) is -2.98. The van der Waals surface area contributed by atoms with Crippen molar-refractivity contribution in [2.24, 2.45) is 0 Å². The molecule has 6 nitrogen and oxygen atoms in total. The fourth-order valence-electron chi connectivity index (χ4n) is 2.91. The van der Waals surface area contributed by atoms with Crippen molar-refractivity contribution >= 4 is 17.0 Å². The van der Waals surface area contributed by atoms with Crippen LogP contribution >= 0.6 is 0 Å². The van der Waals surface area contributed by atoms with Gasteiger partial charge in [0.25, 0.3) is 0 Å². The molecule has 29 heavy (non-hydrogen) atoms. The molecule has 0 unspecified atom stereocenters. The number of carboxylic acids is 1. The minimum Gasteiger partial charge on any atom is -0.478 e. The largest absolute Gasteiger partial charge is 0.478 e. The quantitative estimate of drug-likeness (QED) is 0.534. The summed E-state index contributed by atoms with van der Waals surface area (Å²) in [5, 5.41) is 13.8. The number of nitrogens with zero attached hydrogens (tertiary/aromatic N) is 3. The number of alkyl halides is 2. The molecule has 2 heterocycles. The van der Waals surface area contributed by atoms with Gasteiger partial charge in [-0.3, -0.25) is 4.98 Å². The predicted molar refractivity (Wildman–Crippen MR) is 97.9 cm³/mol. The Hall–Kier alpha value is -3.88. The zero-order valence-electron chi connectivity index (χ0n) is 14.6. The van der Waals surface area contributed by atoms with Crippen LogP contribution in [0.4, 0.5) is 13.2 Å². The molecule has 0 amide bonds. The molecule has 2 aromatic heterocycles. The topological polar surface area (TPSA) is 77.2 Å². The minimum atomic E-state index is -2.98. The van der Waals surface area contributed by atoms with Crippen LogP contribution in [0, 0.1) is 5.82 Å². The van der Waals surface area contributed by atoms with E-state index in [-0.39, 0.29) is 11.3 Å². The summed E-state index contributed by atoms with van der Waals surface area (Å²) in [5.74, 6) is -1.66. The fraction of sp³-hybridized carbons (Fsp3) is 0.0500. The van der Waals surface area contributed by atoms with E-state index in [2.05, 4.69) is 14.8 Å². The van der Waals surface area contributed by atoms with Gasteiger partial charge in [-0.15, -0.1) is 0 Å². The molecule has 0 atom stereocenters. The molecule has 0 spiro atoms. The standard InChI is InChI=1S/C20H12F3N3O3/c21-13-4-6-14(7-5-13)26-16-9-12(19(27)28)10-24-18(16)17(25-26)11-2-1-3-15(8-11)29-20(22)23/h1-10,20H,(H,27,28). The molecule has 146 valence electrons. The first-order valence-electron chi connectivity index (χ1n) is 8.35. The molecule has 9 heteroatoms. The van der Waals surface area contributed by atoms with Crippen molar-refractivity contribution in [2.75, 3.05) is 0 Å². The monoisotopic (exact) mass is 399 g/mol. The third-order valence-corrected chi connectivity index (χ3v) is 4.17. The highest BCUT2D eigenvalue weighted by Crippen LogP contribution is 2.31. The maximum Gasteiger partial charge on any atom is 0.387 e. The van der Waals surface area contributed by atoms with Gasteiger partial charge in [0, 0.05) is 11.8 Å². The number of hydrogen-bond donors (Lipinski definition) is 1.